The highest BCUT2D eigenvalue weighted by atomic mass is 16.2. The molecule has 0 atom stereocenters. The zero-order chi connectivity index (χ0) is 13.2. The van der Waals surface area contributed by atoms with Gasteiger partial charge in [0.05, 0.1) is 0 Å². The molecule has 0 aliphatic rings. The third kappa shape index (κ3) is 2.93. The summed E-state index contributed by atoms with van der Waals surface area (Å²) in [5.74, 6) is -0.979. The molecule has 0 radical (unpaired) electrons. The molecule has 0 unspecified atom stereocenters. The number of benzene rings is 1. The zero-order valence-corrected chi connectivity index (χ0v) is 11.1. The van der Waals surface area contributed by atoms with E-state index in [0.29, 0.717) is 6.54 Å². The summed E-state index contributed by atoms with van der Waals surface area (Å²) in [5, 5.41) is 2.65. The highest BCUT2D eigenvalue weighted by Gasteiger charge is 2.11. The van der Waals surface area contributed by atoms with Crippen LogP contribution in [0.1, 0.15) is 34.7 Å². The summed E-state index contributed by atoms with van der Waals surface area (Å²) in [7, 11) is 0. The first-order chi connectivity index (χ1) is 7.84. The standard InChI is InChI=1S/C14H19NO2/c1-8-6-9(2)11(4)13(10(8)3)7-15-14(17)12(5)16/h6H,7H2,1-5H3,(H,15,17). The second-order valence-corrected chi connectivity index (χ2v) is 4.48. The van der Waals surface area contributed by atoms with Gasteiger partial charge in [0.15, 0.2) is 0 Å². The molecule has 92 valence electrons. The molecule has 0 aliphatic heterocycles. The summed E-state index contributed by atoms with van der Waals surface area (Å²) in [6, 6.07) is 2.14. The smallest absolute Gasteiger partial charge is 0.287 e. The second-order valence-electron chi connectivity index (χ2n) is 4.48. The van der Waals surface area contributed by atoms with Gasteiger partial charge in [0.25, 0.3) is 5.91 Å². The fraction of sp³-hybridized carbons (Fsp3) is 0.429. The number of nitrogens with one attached hydrogen (secondary N) is 1. The minimum Gasteiger partial charge on any atom is -0.345 e. The quantitative estimate of drug-likeness (QED) is 0.813. The van der Waals surface area contributed by atoms with E-state index in [1.165, 1.54) is 29.2 Å². The summed E-state index contributed by atoms with van der Waals surface area (Å²) in [6.07, 6.45) is 0. The van der Waals surface area contributed by atoms with Gasteiger partial charge in [-0.05, 0) is 55.5 Å². The lowest BCUT2D eigenvalue weighted by atomic mass is 9.94. The van der Waals surface area contributed by atoms with Gasteiger partial charge in [-0.15, -0.1) is 0 Å². The highest BCUT2D eigenvalue weighted by molar-refractivity contribution is 6.35. The van der Waals surface area contributed by atoms with Crippen LogP contribution in [0.2, 0.25) is 0 Å². The largest absolute Gasteiger partial charge is 0.345 e. The summed E-state index contributed by atoms with van der Waals surface area (Å²) in [6.45, 7) is 9.87. The third-order valence-corrected chi connectivity index (χ3v) is 3.27. The molecular formula is C14H19NO2. The van der Waals surface area contributed by atoms with Crippen molar-refractivity contribution < 1.29 is 9.59 Å². The molecule has 1 amide bonds. The van der Waals surface area contributed by atoms with Crippen molar-refractivity contribution in [2.45, 2.75) is 41.2 Å². The van der Waals surface area contributed by atoms with E-state index in [1.54, 1.807) is 0 Å². The van der Waals surface area contributed by atoms with E-state index in [0.717, 1.165) is 5.56 Å². The Hall–Kier alpha value is -1.64. The molecule has 3 heteroatoms. The predicted molar refractivity (Wildman–Crippen MR) is 67.9 cm³/mol. The Bertz CT molecular complexity index is 449. The van der Waals surface area contributed by atoms with Crippen LogP contribution in [0.25, 0.3) is 0 Å². The molecule has 0 heterocycles. The predicted octanol–water partition coefficient (Wildman–Crippen LogP) is 2.13. The Labute approximate surface area is 102 Å². The summed E-state index contributed by atoms with van der Waals surface area (Å²) < 4.78 is 0. The first-order valence-corrected chi connectivity index (χ1v) is 5.69. The molecule has 0 fully saturated rings. The van der Waals surface area contributed by atoms with Crippen molar-refractivity contribution in [3.8, 4) is 0 Å². The first-order valence-electron chi connectivity index (χ1n) is 5.69. The van der Waals surface area contributed by atoms with E-state index >= 15 is 0 Å². The number of hydrogen-bond acceptors (Lipinski definition) is 2. The van der Waals surface area contributed by atoms with Gasteiger partial charge in [-0.1, -0.05) is 6.07 Å². The number of carbonyl (C=O) groups is 2. The molecule has 0 bridgehead atoms. The van der Waals surface area contributed by atoms with E-state index in [-0.39, 0.29) is 0 Å². The van der Waals surface area contributed by atoms with Crippen molar-refractivity contribution in [3.63, 3.8) is 0 Å². The van der Waals surface area contributed by atoms with Crippen LogP contribution in [0, 0.1) is 27.7 Å². The molecule has 1 rings (SSSR count). The molecule has 1 aromatic rings. The van der Waals surface area contributed by atoms with Crippen LogP contribution in [0.15, 0.2) is 6.07 Å². The van der Waals surface area contributed by atoms with Crippen molar-refractivity contribution >= 4 is 11.7 Å². The van der Waals surface area contributed by atoms with Gasteiger partial charge in [0.2, 0.25) is 5.78 Å². The third-order valence-electron chi connectivity index (χ3n) is 3.27. The van der Waals surface area contributed by atoms with E-state index in [9.17, 15) is 9.59 Å². The van der Waals surface area contributed by atoms with Gasteiger partial charge >= 0.3 is 0 Å². The van der Waals surface area contributed by atoms with Gasteiger partial charge < -0.3 is 5.32 Å². The molecular weight excluding hydrogens is 214 g/mol. The molecule has 0 aliphatic carbocycles. The lowest BCUT2D eigenvalue weighted by Crippen LogP contribution is -2.29. The maximum atomic E-state index is 11.2. The molecule has 1 N–H and O–H groups in total. The monoisotopic (exact) mass is 233 g/mol. The number of rotatable bonds is 3. The lowest BCUT2D eigenvalue weighted by molar-refractivity contribution is -0.136. The van der Waals surface area contributed by atoms with Gasteiger partial charge in [0, 0.05) is 13.5 Å². The van der Waals surface area contributed by atoms with Crippen LogP contribution < -0.4 is 5.32 Å². The zero-order valence-electron chi connectivity index (χ0n) is 11.1. The minimum absolute atomic E-state index is 0.415. The molecule has 0 spiro atoms. The maximum absolute atomic E-state index is 11.2. The number of aryl methyl sites for hydroxylation is 2. The van der Waals surface area contributed by atoms with Crippen LogP contribution in [-0.4, -0.2) is 11.7 Å². The lowest BCUT2D eigenvalue weighted by Gasteiger charge is -2.15. The van der Waals surface area contributed by atoms with Gasteiger partial charge in [-0.2, -0.15) is 0 Å². The highest BCUT2D eigenvalue weighted by Crippen LogP contribution is 2.21. The van der Waals surface area contributed by atoms with Crippen molar-refractivity contribution in [1.29, 1.82) is 0 Å². The van der Waals surface area contributed by atoms with Crippen LogP contribution in [0.4, 0.5) is 0 Å². The topological polar surface area (TPSA) is 46.2 Å². The van der Waals surface area contributed by atoms with Crippen molar-refractivity contribution in [2.75, 3.05) is 0 Å². The van der Waals surface area contributed by atoms with Crippen LogP contribution in [0.3, 0.4) is 0 Å². The van der Waals surface area contributed by atoms with E-state index < -0.39 is 11.7 Å². The minimum atomic E-state index is -0.525. The van der Waals surface area contributed by atoms with Gasteiger partial charge in [-0.3, -0.25) is 9.59 Å². The Morgan fingerprint density at radius 2 is 1.53 bits per heavy atom. The molecule has 0 saturated carbocycles. The molecule has 3 nitrogen and oxygen atoms in total. The number of ketones is 1. The Kier molecular flexibility index (Phi) is 4.05. The number of amides is 1. The number of hydrogen-bond donors (Lipinski definition) is 1. The Morgan fingerprint density at radius 1 is 1.06 bits per heavy atom. The summed E-state index contributed by atoms with van der Waals surface area (Å²) in [4.78, 5) is 22.1. The van der Waals surface area contributed by atoms with E-state index in [2.05, 4.69) is 25.2 Å². The molecule has 0 aromatic heterocycles. The van der Waals surface area contributed by atoms with Crippen LogP contribution in [-0.2, 0) is 16.1 Å². The average Bonchev–Trinajstić information content (AvgIpc) is 2.26. The van der Waals surface area contributed by atoms with E-state index in [4.69, 9.17) is 0 Å². The molecule has 17 heavy (non-hydrogen) atoms. The molecule has 1 aromatic carbocycles. The summed E-state index contributed by atoms with van der Waals surface area (Å²) in [5.41, 5.74) is 5.88. The number of carbonyl (C=O) groups excluding carboxylic acids is 2. The van der Waals surface area contributed by atoms with Crippen molar-refractivity contribution in [3.05, 3.63) is 33.9 Å². The van der Waals surface area contributed by atoms with Gasteiger partial charge in [0.1, 0.15) is 0 Å². The summed E-state index contributed by atoms with van der Waals surface area (Å²) >= 11 is 0. The average molecular weight is 233 g/mol. The van der Waals surface area contributed by atoms with Gasteiger partial charge in [-0.25, -0.2) is 0 Å². The van der Waals surface area contributed by atoms with Crippen LogP contribution in [0.5, 0.6) is 0 Å². The van der Waals surface area contributed by atoms with Crippen LogP contribution >= 0.6 is 0 Å². The fourth-order valence-electron chi connectivity index (χ4n) is 1.86. The molecule has 0 saturated heterocycles. The van der Waals surface area contributed by atoms with Crippen molar-refractivity contribution in [1.82, 2.24) is 5.32 Å². The second kappa shape index (κ2) is 5.13. The Balaban J connectivity index is 2.99. The first kappa shape index (κ1) is 13.4. The SMILES string of the molecule is CC(=O)C(=O)NCc1c(C)c(C)cc(C)c1C. The Morgan fingerprint density at radius 3 is 1.94 bits per heavy atom. The normalized spacial score (nSPS) is 10.2. The van der Waals surface area contributed by atoms with Crippen molar-refractivity contribution in [2.24, 2.45) is 0 Å². The number of Topliss-reactive ketones (excluding diaryl/α,β-unsaturated/α-hetero) is 1. The maximum Gasteiger partial charge on any atom is 0.287 e. The fourth-order valence-corrected chi connectivity index (χ4v) is 1.86. The van der Waals surface area contributed by atoms with E-state index in [1.807, 2.05) is 13.8 Å².